The molecule has 1 unspecified atom stereocenters. The smallest absolute Gasteiger partial charge is 0.353 e. The van der Waals surface area contributed by atoms with Gasteiger partial charge in [0.1, 0.15) is 0 Å². The number of amides is 1. The molecule has 2 aromatic rings. The fourth-order valence-electron chi connectivity index (χ4n) is 4.00. The molecule has 0 bridgehead atoms. The Morgan fingerprint density at radius 1 is 1.10 bits per heavy atom. The van der Waals surface area contributed by atoms with Gasteiger partial charge in [-0.15, -0.1) is 0 Å². The van der Waals surface area contributed by atoms with Crippen molar-refractivity contribution in [3.63, 3.8) is 0 Å². The average molecular weight is 425 g/mol. The molecule has 1 saturated carbocycles. The van der Waals surface area contributed by atoms with Gasteiger partial charge in [-0.25, -0.2) is 0 Å². The molecule has 1 aliphatic carbocycles. The van der Waals surface area contributed by atoms with Crippen molar-refractivity contribution in [1.29, 1.82) is 0 Å². The summed E-state index contributed by atoms with van der Waals surface area (Å²) in [6.45, 7) is 0. The zero-order valence-electron chi connectivity index (χ0n) is 15.5. The number of hydrogen-bond donors (Lipinski definition) is 2. The highest BCUT2D eigenvalue weighted by atomic mass is 35.5. The summed E-state index contributed by atoms with van der Waals surface area (Å²) in [7, 11) is 0. The zero-order chi connectivity index (χ0) is 20.8. The summed E-state index contributed by atoms with van der Waals surface area (Å²) in [4.78, 5) is 26.5. The van der Waals surface area contributed by atoms with Crippen LogP contribution in [0.5, 0.6) is 0 Å². The van der Waals surface area contributed by atoms with Gasteiger partial charge >= 0.3 is 6.18 Å². The first-order valence-corrected chi connectivity index (χ1v) is 9.98. The number of nitrogens with one attached hydrogen (secondary N) is 2. The summed E-state index contributed by atoms with van der Waals surface area (Å²) in [6.07, 6.45) is 0.628. The Morgan fingerprint density at radius 2 is 1.86 bits per heavy atom. The fourth-order valence-corrected chi connectivity index (χ4v) is 4.30. The van der Waals surface area contributed by atoms with E-state index in [-0.39, 0.29) is 34.4 Å². The topological polar surface area (TPSA) is 62.0 Å². The molecule has 8 heteroatoms. The van der Waals surface area contributed by atoms with E-state index in [1.807, 2.05) is 6.07 Å². The van der Waals surface area contributed by atoms with E-state index in [0.717, 1.165) is 24.5 Å². The molecule has 2 aliphatic rings. The number of halogens is 4. The second-order valence-corrected chi connectivity index (χ2v) is 8.23. The van der Waals surface area contributed by atoms with Crippen LogP contribution >= 0.6 is 11.6 Å². The van der Waals surface area contributed by atoms with Gasteiger partial charge in [0.25, 0.3) is 5.56 Å². The molecule has 2 heterocycles. The van der Waals surface area contributed by atoms with Crippen LogP contribution in [0.1, 0.15) is 66.2 Å². The average Bonchev–Trinajstić information content (AvgIpc) is 3.41. The Labute approximate surface area is 170 Å². The number of pyridine rings is 1. The van der Waals surface area contributed by atoms with E-state index in [1.54, 1.807) is 6.20 Å². The first kappa shape index (κ1) is 20.0. The van der Waals surface area contributed by atoms with Gasteiger partial charge in [-0.2, -0.15) is 13.2 Å². The number of rotatable bonds is 5. The van der Waals surface area contributed by atoms with Crippen LogP contribution in [0.3, 0.4) is 0 Å². The number of hydrogen-bond acceptors (Lipinski definition) is 2. The van der Waals surface area contributed by atoms with Gasteiger partial charge in [0.05, 0.1) is 10.6 Å². The molecule has 29 heavy (non-hydrogen) atoms. The van der Waals surface area contributed by atoms with Gasteiger partial charge in [0, 0.05) is 30.1 Å². The van der Waals surface area contributed by atoms with E-state index in [1.165, 1.54) is 12.1 Å². The maximum absolute atomic E-state index is 13.1. The lowest BCUT2D eigenvalue weighted by molar-refractivity contribution is -0.137. The Balaban J connectivity index is 1.73. The molecule has 2 fully saturated rings. The second-order valence-electron chi connectivity index (χ2n) is 7.82. The van der Waals surface area contributed by atoms with E-state index in [4.69, 9.17) is 11.6 Å². The predicted octanol–water partition coefficient (Wildman–Crippen LogP) is 4.73. The number of benzene rings is 1. The first-order chi connectivity index (χ1) is 13.7. The van der Waals surface area contributed by atoms with Crippen LogP contribution in [0.25, 0.3) is 0 Å². The summed E-state index contributed by atoms with van der Waals surface area (Å²) in [5.74, 6) is -0.0893. The molecule has 0 spiro atoms. The molecule has 1 aromatic carbocycles. The Morgan fingerprint density at radius 3 is 2.45 bits per heavy atom. The highest BCUT2D eigenvalue weighted by molar-refractivity contribution is 6.31. The van der Waals surface area contributed by atoms with Gasteiger partial charge in [0.2, 0.25) is 5.91 Å². The molecule has 4 nitrogen and oxygen atoms in total. The molecular weight excluding hydrogens is 405 g/mol. The van der Waals surface area contributed by atoms with Crippen LogP contribution in [0.15, 0.2) is 35.3 Å². The lowest BCUT2D eigenvalue weighted by Crippen LogP contribution is -2.27. The Bertz CT molecular complexity index is 998. The maximum Gasteiger partial charge on any atom is 0.417 e. The third-order valence-corrected chi connectivity index (χ3v) is 5.99. The van der Waals surface area contributed by atoms with E-state index in [9.17, 15) is 22.8 Å². The lowest BCUT2D eigenvalue weighted by atomic mass is 9.85. The summed E-state index contributed by atoms with van der Waals surface area (Å²) in [6, 6.07) is 5.53. The van der Waals surface area contributed by atoms with Crippen LogP contribution in [0.4, 0.5) is 13.2 Å². The van der Waals surface area contributed by atoms with Crippen molar-refractivity contribution in [2.75, 3.05) is 0 Å². The number of alkyl halides is 3. The highest BCUT2D eigenvalue weighted by Crippen LogP contribution is 2.41. The standard InChI is InChI=1S/C21H20ClF3N2O2/c22-18-8-12(3-5-17(18)21(23,24)25)15(9-14-4-6-19(28)27-14)13-7-16(11-1-2-11)20(29)26-10-13/h3,5,7-8,10-11,14-15H,1-2,4,6,9H2,(H,26,29)(H,27,28)/t14-,15?/m1/s1. The molecule has 154 valence electrons. The molecule has 1 amide bonds. The van der Waals surface area contributed by atoms with Crippen molar-refractivity contribution >= 4 is 17.5 Å². The molecule has 2 atom stereocenters. The lowest BCUT2D eigenvalue weighted by Gasteiger charge is -2.23. The van der Waals surface area contributed by atoms with Crippen LogP contribution in [0, 0.1) is 0 Å². The van der Waals surface area contributed by atoms with Gasteiger partial charge < -0.3 is 10.3 Å². The van der Waals surface area contributed by atoms with Crippen LogP contribution in [0.2, 0.25) is 5.02 Å². The van der Waals surface area contributed by atoms with Crippen molar-refractivity contribution in [2.45, 2.75) is 56.2 Å². The SMILES string of the molecule is O=C1CC[C@H](CC(c2ccc(C(F)(F)F)c(Cl)c2)c2c[nH]c(=O)c(C3CC3)c2)N1. The normalized spacial score (nSPS) is 20.6. The molecule has 0 radical (unpaired) electrons. The van der Waals surface area contributed by atoms with E-state index < -0.39 is 11.7 Å². The first-order valence-electron chi connectivity index (χ1n) is 9.61. The number of aromatic nitrogens is 1. The highest BCUT2D eigenvalue weighted by Gasteiger charge is 2.34. The third-order valence-electron chi connectivity index (χ3n) is 5.68. The Kier molecular flexibility index (Phi) is 5.19. The number of aromatic amines is 1. The summed E-state index contributed by atoms with van der Waals surface area (Å²) in [5, 5.41) is 2.55. The van der Waals surface area contributed by atoms with Gasteiger partial charge in [-0.1, -0.05) is 17.7 Å². The molecule has 2 N–H and O–H groups in total. The molecule has 4 rings (SSSR count). The minimum atomic E-state index is -4.53. The third kappa shape index (κ3) is 4.34. The monoisotopic (exact) mass is 424 g/mol. The Hall–Kier alpha value is -2.28. The summed E-state index contributed by atoms with van der Waals surface area (Å²) >= 11 is 5.95. The maximum atomic E-state index is 13.1. The largest absolute Gasteiger partial charge is 0.417 e. The number of carbonyl (C=O) groups excluding carboxylic acids is 1. The quantitative estimate of drug-likeness (QED) is 0.729. The van der Waals surface area contributed by atoms with Crippen LogP contribution in [-0.4, -0.2) is 16.9 Å². The van der Waals surface area contributed by atoms with Crippen molar-refractivity contribution in [3.8, 4) is 0 Å². The zero-order valence-corrected chi connectivity index (χ0v) is 16.2. The fraction of sp³-hybridized carbons (Fsp3) is 0.429. The van der Waals surface area contributed by atoms with Gasteiger partial charge in [-0.3, -0.25) is 9.59 Å². The molecule has 1 aliphatic heterocycles. The molecule has 1 aromatic heterocycles. The van der Waals surface area contributed by atoms with Gasteiger partial charge in [-0.05, 0) is 60.9 Å². The number of H-pyrrole nitrogens is 1. The van der Waals surface area contributed by atoms with Crippen molar-refractivity contribution in [2.24, 2.45) is 0 Å². The molecular formula is C21H20ClF3N2O2. The summed E-state index contributed by atoms with van der Waals surface area (Å²) in [5.41, 5.74) is 1.13. The predicted molar refractivity (Wildman–Crippen MR) is 103 cm³/mol. The van der Waals surface area contributed by atoms with Crippen molar-refractivity contribution < 1.29 is 18.0 Å². The van der Waals surface area contributed by atoms with Crippen molar-refractivity contribution in [3.05, 3.63) is 68.1 Å². The van der Waals surface area contributed by atoms with Crippen LogP contribution in [-0.2, 0) is 11.0 Å². The second kappa shape index (κ2) is 7.52. The van der Waals surface area contributed by atoms with Crippen LogP contribution < -0.4 is 10.9 Å². The van der Waals surface area contributed by atoms with Crippen molar-refractivity contribution in [1.82, 2.24) is 10.3 Å². The van der Waals surface area contributed by atoms with E-state index in [0.29, 0.717) is 30.4 Å². The minimum Gasteiger partial charge on any atom is -0.353 e. The summed E-state index contributed by atoms with van der Waals surface area (Å²) < 4.78 is 39.3. The molecule has 1 saturated heterocycles. The van der Waals surface area contributed by atoms with E-state index >= 15 is 0 Å². The minimum absolute atomic E-state index is 0.0284. The number of carbonyl (C=O) groups is 1. The van der Waals surface area contributed by atoms with Gasteiger partial charge in [0.15, 0.2) is 0 Å². The van der Waals surface area contributed by atoms with E-state index in [2.05, 4.69) is 10.3 Å².